The highest BCUT2D eigenvalue weighted by molar-refractivity contribution is 5.94. The van der Waals surface area contributed by atoms with Crippen LogP contribution in [0, 0.1) is 6.92 Å². The molecule has 0 radical (unpaired) electrons. The lowest BCUT2D eigenvalue weighted by molar-refractivity contribution is 1.40. The maximum atomic E-state index is 5.85. The van der Waals surface area contributed by atoms with E-state index in [0.29, 0.717) is 0 Å². The zero-order chi connectivity index (χ0) is 13.2. The predicted octanol–water partition coefficient (Wildman–Crippen LogP) is 3.87. The first-order valence-corrected chi connectivity index (χ1v) is 6.20. The highest BCUT2D eigenvalue weighted by atomic mass is 14.9. The zero-order valence-electron chi connectivity index (χ0n) is 10.7. The summed E-state index contributed by atoms with van der Waals surface area (Å²) in [7, 11) is 0. The van der Waals surface area contributed by atoms with Gasteiger partial charge in [0, 0.05) is 28.6 Å². The van der Waals surface area contributed by atoms with Crippen molar-refractivity contribution in [3.05, 3.63) is 60.3 Å². The molecule has 0 aliphatic heterocycles. The van der Waals surface area contributed by atoms with Crippen LogP contribution in [0.5, 0.6) is 0 Å². The Labute approximate surface area is 112 Å². The largest absolute Gasteiger partial charge is 0.399 e. The highest BCUT2D eigenvalue weighted by Crippen LogP contribution is 2.26. The number of hydrogen-bond donors (Lipinski definition) is 2. The Bertz CT molecular complexity index is 718. The van der Waals surface area contributed by atoms with E-state index in [-0.39, 0.29) is 0 Å². The zero-order valence-corrected chi connectivity index (χ0v) is 10.7. The standard InChI is InChI=1S/C16H15N3/c1-11-2-5-13(6-3-11)19-16-8-9-18-15-7-4-12(17)10-14(15)16/h2-10H,17H2,1H3,(H,18,19). The maximum absolute atomic E-state index is 5.85. The number of nitrogen functional groups attached to an aromatic ring is 1. The van der Waals surface area contributed by atoms with E-state index in [1.54, 1.807) is 6.20 Å². The average Bonchev–Trinajstić information content (AvgIpc) is 2.42. The minimum absolute atomic E-state index is 0.743. The van der Waals surface area contributed by atoms with Crippen LogP contribution >= 0.6 is 0 Å². The third-order valence-electron chi connectivity index (χ3n) is 3.10. The summed E-state index contributed by atoms with van der Waals surface area (Å²) in [5.41, 5.74) is 10.8. The first-order valence-electron chi connectivity index (χ1n) is 6.20. The van der Waals surface area contributed by atoms with E-state index in [2.05, 4.69) is 41.5 Å². The van der Waals surface area contributed by atoms with Crippen LogP contribution in [-0.2, 0) is 0 Å². The SMILES string of the molecule is Cc1ccc(Nc2ccnc3ccc(N)cc23)cc1. The van der Waals surface area contributed by atoms with E-state index >= 15 is 0 Å². The van der Waals surface area contributed by atoms with Crippen LogP contribution in [0.25, 0.3) is 10.9 Å². The lowest BCUT2D eigenvalue weighted by atomic mass is 10.1. The molecule has 3 N–H and O–H groups in total. The Morgan fingerprint density at radius 1 is 1.00 bits per heavy atom. The summed E-state index contributed by atoms with van der Waals surface area (Å²) in [5.74, 6) is 0. The van der Waals surface area contributed by atoms with Crippen LogP contribution in [-0.4, -0.2) is 4.98 Å². The molecule has 0 saturated carbocycles. The van der Waals surface area contributed by atoms with Crippen LogP contribution in [0.1, 0.15) is 5.56 Å². The maximum Gasteiger partial charge on any atom is 0.0724 e. The van der Waals surface area contributed by atoms with E-state index in [1.807, 2.05) is 24.3 Å². The fourth-order valence-corrected chi connectivity index (χ4v) is 2.07. The second kappa shape index (κ2) is 4.61. The smallest absolute Gasteiger partial charge is 0.0724 e. The van der Waals surface area contributed by atoms with E-state index in [9.17, 15) is 0 Å². The summed E-state index contributed by atoms with van der Waals surface area (Å²) in [4.78, 5) is 4.34. The molecular formula is C16H15N3. The van der Waals surface area contributed by atoms with Gasteiger partial charge in [-0.05, 0) is 43.3 Å². The number of benzene rings is 2. The summed E-state index contributed by atoms with van der Waals surface area (Å²) in [5, 5.41) is 4.44. The number of anilines is 3. The van der Waals surface area contributed by atoms with Gasteiger partial charge in [-0.25, -0.2) is 0 Å². The third-order valence-corrected chi connectivity index (χ3v) is 3.10. The van der Waals surface area contributed by atoms with Gasteiger partial charge in [-0.15, -0.1) is 0 Å². The molecule has 0 aliphatic carbocycles. The van der Waals surface area contributed by atoms with E-state index in [0.717, 1.165) is 28.0 Å². The number of aryl methyl sites for hydroxylation is 1. The van der Waals surface area contributed by atoms with Gasteiger partial charge in [0.1, 0.15) is 0 Å². The molecule has 19 heavy (non-hydrogen) atoms. The Balaban J connectivity index is 2.05. The molecule has 0 amide bonds. The summed E-state index contributed by atoms with van der Waals surface area (Å²) >= 11 is 0. The highest BCUT2D eigenvalue weighted by Gasteiger charge is 2.02. The van der Waals surface area contributed by atoms with Crippen molar-refractivity contribution in [1.82, 2.24) is 4.98 Å². The summed E-state index contributed by atoms with van der Waals surface area (Å²) in [6, 6.07) is 16.0. The predicted molar refractivity (Wildman–Crippen MR) is 80.6 cm³/mol. The Kier molecular flexibility index (Phi) is 2.80. The molecule has 0 fully saturated rings. The van der Waals surface area contributed by atoms with Crippen LogP contribution in [0.4, 0.5) is 17.1 Å². The number of aromatic nitrogens is 1. The van der Waals surface area contributed by atoms with E-state index < -0.39 is 0 Å². The second-order valence-electron chi connectivity index (χ2n) is 4.63. The Hall–Kier alpha value is -2.55. The lowest BCUT2D eigenvalue weighted by Gasteiger charge is -2.10. The van der Waals surface area contributed by atoms with Crippen LogP contribution in [0.15, 0.2) is 54.7 Å². The molecule has 3 nitrogen and oxygen atoms in total. The molecule has 0 saturated heterocycles. The molecule has 0 bridgehead atoms. The van der Waals surface area contributed by atoms with Crippen molar-refractivity contribution in [3.8, 4) is 0 Å². The first-order chi connectivity index (χ1) is 9.22. The Morgan fingerprint density at radius 3 is 2.58 bits per heavy atom. The van der Waals surface area contributed by atoms with E-state index in [4.69, 9.17) is 5.73 Å². The molecule has 3 aromatic rings. The number of pyridine rings is 1. The van der Waals surface area contributed by atoms with Gasteiger partial charge in [0.25, 0.3) is 0 Å². The number of nitrogens with zero attached hydrogens (tertiary/aromatic N) is 1. The third kappa shape index (κ3) is 2.36. The summed E-state index contributed by atoms with van der Waals surface area (Å²) in [6.07, 6.45) is 1.80. The fraction of sp³-hybridized carbons (Fsp3) is 0.0625. The van der Waals surface area contributed by atoms with Crippen LogP contribution < -0.4 is 11.1 Å². The van der Waals surface area contributed by atoms with Crippen molar-refractivity contribution in [2.45, 2.75) is 6.92 Å². The van der Waals surface area contributed by atoms with Gasteiger partial charge in [-0.1, -0.05) is 17.7 Å². The molecule has 3 rings (SSSR count). The van der Waals surface area contributed by atoms with E-state index in [1.165, 1.54) is 5.56 Å². The van der Waals surface area contributed by atoms with Gasteiger partial charge in [0.2, 0.25) is 0 Å². The number of nitrogens with one attached hydrogen (secondary N) is 1. The number of nitrogens with two attached hydrogens (primary N) is 1. The van der Waals surface area contributed by atoms with Crippen molar-refractivity contribution >= 4 is 28.0 Å². The molecule has 1 aromatic heterocycles. The van der Waals surface area contributed by atoms with Crippen LogP contribution in [0.2, 0.25) is 0 Å². The first kappa shape index (κ1) is 11.5. The molecule has 0 atom stereocenters. The van der Waals surface area contributed by atoms with Gasteiger partial charge in [-0.2, -0.15) is 0 Å². The average molecular weight is 249 g/mol. The fourth-order valence-electron chi connectivity index (χ4n) is 2.07. The van der Waals surface area contributed by atoms with Crippen molar-refractivity contribution in [2.75, 3.05) is 11.1 Å². The van der Waals surface area contributed by atoms with Gasteiger partial charge in [0.15, 0.2) is 0 Å². The number of rotatable bonds is 2. The topological polar surface area (TPSA) is 50.9 Å². The molecule has 94 valence electrons. The number of fused-ring (bicyclic) bond motifs is 1. The summed E-state index contributed by atoms with van der Waals surface area (Å²) < 4.78 is 0. The molecule has 1 heterocycles. The Morgan fingerprint density at radius 2 is 1.79 bits per heavy atom. The molecule has 3 heteroatoms. The lowest BCUT2D eigenvalue weighted by Crippen LogP contribution is -1.93. The number of hydrogen-bond acceptors (Lipinski definition) is 3. The van der Waals surface area contributed by atoms with Crippen molar-refractivity contribution < 1.29 is 0 Å². The molecule has 0 aliphatic rings. The van der Waals surface area contributed by atoms with Crippen molar-refractivity contribution in [1.29, 1.82) is 0 Å². The quantitative estimate of drug-likeness (QED) is 0.678. The monoisotopic (exact) mass is 249 g/mol. The van der Waals surface area contributed by atoms with Gasteiger partial charge < -0.3 is 11.1 Å². The normalized spacial score (nSPS) is 10.6. The minimum atomic E-state index is 0.743. The molecule has 0 spiro atoms. The minimum Gasteiger partial charge on any atom is -0.399 e. The molecule has 0 unspecified atom stereocenters. The van der Waals surface area contributed by atoms with Gasteiger partial charge in [-0.3, -0.25) is 4.98 Å². The van der Waals surface area contributed by atoms with Crippen LogP contribution in [0.3, 0.4) is 0 Å². The molecular weight excluding hydrogens is 234 g/mol. The summed E-state index contributed by atoms with van der Waals surface area (Å²) in [6.45, 7) is 2.08. The van der Waals surface area contributed by atoms with Crippen molar-refractivity contribution in [3.63, 3.8) is 0 Å². The van der Waals surface area contributed by atoms with Gasteiger partial charge >= 0.3 is 0 Å². The van der Waals surface area contributed by atoms with Gasteiger partial charge in [0.05, 0.1) is 5.52 Å². The molecule has 2 aromatic carbocycles. The second-order valence-corrected chi connectivity index (χ2v) is 4.63. The van der Waals surface area contributed by atoms with Crippen molar-refractivity contribution in [2.24, 2.45) is 0 Å².